The van der Waals surface area contributed by atoms with Crippen LogP contribution in [-0.4, -0.2) is 39.1 Å². The third-order valence-corrected chi connectivity index (χ3v) is 4.34. The van der Waals surface area contributed by atoms with Gasteiger partial charge in [-0.25, -0.2) is 14.4 Å². The Hall–Kier alpha value is -3.00. The highest BCUT2D eigenvalue weighted by Crippen LogP contribution is 2.29. The van der Waals surface area contributed by atoms with Crippen LogP contribution in [0.3, 0.4) is 0 Å². The standard InChI is InChI=1S/C19H22FN5O2/c1-12(11-27-4)22-19-21-10-9-15(23-19)17-16(18(26)25(3)24(17)2)13-5-7-14(20)8-6-13/h5-10,12H,11H2,1-4H3,(H,21,22,23). The van der Waals surface area contributed by atoms with Crippen LogP contribution in [0, 0.1) is 5.82 Å². The molecule has 0 spiro atoms. The van der Waals surface area contributed by atoms with E-state index >= 15 is 0 Å². The minimum absolute atomic E-state index is 0.0291. The Bertz CT molecular complexity index is 994. The Balaban J connectivity index is 2.11. The monoisotopic (exact) mass is 371 g/mol. The summed E-state index contributed by atoms with van der Waals surface area (Å²) in [5.41, 5.74) is 2.15. The molecule has 0 radical (unpaired) electrons. The fourth-order valence-electron chi connectivity index (χ4n) is 2.95. The maximum Gasteiger partial charge on any atom is 0.274 e. The molecule has 7 nitrogen and oxygen atoms in total. The van der Waals surface area contributed by atoms with Crippen molar-refractivity contribution in [1.82, 2.24) is 19.3 Å². The van der Waals surface area contributed by atoms with E-state index in [4.69, 9.17) is 4.74 Å². The summed E-state index contributed by atoms with van der Waals surface area (Å²) in [6.07, 6.45) is 1.64. The van der Waals surface area contributed by atoms with E-state index < -0.39 is 0 Å². The second-order valence-electron chi connectivity index (χ2n) is 6.35. The van der Waals surface area contributed by atoms with Crippen LogP contribution in [0.15, 0.2) is 41.3 Å². The van der Waals surface area contributed by atoms with Gasteiger partial charge in [-0.15, -0.1) is 0 Å². The Morgan fingerprint density at radius 1 is 1.19 bits per heavy atom. The molecule has 1 unspecified atom stereocenters. The van der Waals surface area contributed by atoms with Crippen molar-refractivity contribution < 1.29 is 9.13 Å². The van der Waals surface area contributed by atoms with Crippen LogP contribution in [0.2, 0.25) is 0 Å². The summed E-state index contributed by atoms with van der Waals surface area (Å²) in [7, 11) is 5.09. The molecule has 2 aromatic heterocycles. The number of hydrogen-bond donors (Lipinski definition) is 1. The number of benzene rings is 1. The predicted octanol–water partition coefficient (Wildman–Crippen LogP) is 2.43. The first-order valence-electron chi connectivity index (χ1n) is 8.53. The van der Waals surface area contributed by atoms with Gasteiger partial charge in [0.15, 0.2) is 0 Å². The van der Waals surface area contributed by atoms with Gasteiger partial charge in [-0.2, -0.15) is 0 Å². The fraction of sp³-hybridized carbons (Fsp3) is 0.316. The topological polar surface area (TPSA) is 74.0 Å². The van der Waals surface area contributed by atoms with Crippen molar-refractivity contribution >= 4 is 5.95 Å². The molecule has 142 valence electrons. The van der Waals surface area contributed by atoms with Gasteiger partial charge >= 0.3 is 0 Å². The van der Waals surface area contributed by atoms with E-state index in [9.17, 15) is 9.18 Å². The minimum Gasteiger partial charge on any atom is -0.383 e. The molecule has 0 aliphatic rings. The summed E-state index contributed by atoms with van der Waals surface area (Å²) < 4.78 is 21.7. The summed E-state index contributed by atoms with van der Waals surface area (Å²) in [6.45, 7) is 2.47. The zero-order valence-electron chi connectivity index (χ0n) is 15.7. The lowest BCUT2D eigenvalue weighted by molar-refractivity contribution is 0.190. The Kier molecular flexibility index (Phi) is 5.36. The van der Waals surface area contributed by atoms with Gasteiger partial charge in [0.05, 0.1) is 23.6 Å². The average molecular weight is 371 g/mol. The fourth-order valence-corrected chi connectivity index (χ4v) is 2.95. The van der Waals surface area contributed by atoms with Gasteiger partial charge in [-0.05, 0) is 30.7 Å². The molecule has 3 aromatic rings. The van der Waals surface area contributed by atoms with E-state index in [2.05, 4.69) is 15.3 Å². The normalized spacial score (nSPS) is 12.2. The van der Waals surface area contributed by atoms with E-state index in [0.717, 1.165) is 0 Å². The molecule has 0 bridgehead atoms. The van der Waals surface area contributed by atoms with Crippen molar-refractivity contribution in [1.29, 1.82) is 0 Å². The first-order chi connectivity index (χ1) is 12.9. The summed E-state index contributed by atoms with van der Waals surface area (Å²) >= 11 is 0. The Morgan fingerprint density at radius 2 is 1.89 bits per heavy atom. The molecular formula is C19H22FN5O2. The molecule has 3 rings (SSSR count). The average Bonchev–Trinajstić information content (AvgIpc) is 2.87. The van der Waals surface area contributed by atoms with Crippen molar-refractivity contribution in [2.45, 2.75) is 13.0 Å². The summed E-state index contributed by atoms with van der Waals surface area (Å²) in [5, 5.41) is 3.17. The van der Waals surface area contributed by atoms with Gasteiger partial charge in [0, 0.05) is 33.4 Å². The van der Waals surface area contributed by atoms with Crippen molar-refractivity contribution in [2.24, 2.45) is 14.1 Å². The largest absolute Gasteiger partial charge is 0.383 e. The molecule has 0 fully saturated rings. The van der Waals surface area contributed by atoms with E-state index in [0.29, 0.717) is 35.1 Å². The lowest BCUT2D eigenvalue weighted by Crippen LogP contribution is -2.22. The number of aromatic nitrogens is 4. The van der Waals surface area contributed by atoms with Crippen LogP contribution in [-0.2, 0) is 18.8 Å². The number of anilines is 1. The SMILES string of the molecule is COCC(C)Nc1nccc(-c2c(-c3ccc(F)cc3)c(=O)n(C)n2C)n1. The molecule has 0 aliphatic carbocycles. The van der Waals surface area contributed by atoms with Crippen LogP contribution in [0.1, 0.15) is 6.92 Å². The smallest absolute Gasteiger partial charge is 0.274 e. The predicted molar refractivity (Wildman–Crippen MR) is 102 cm³/mol. The van der Waals surface area contributed by atoms with Crippen molar-refractivity contribution in [3.05, 3.63) is 52.7 Å². The summed E-state index contributed by atoms with van der Waals surface area (Å²) in [6, 6.07) is 7.64. The number of nitrogens with one attached hydrogen (secondary N) is 1. The van der Waals surface area contributed by atoms with Crippen LogP contribution < -0.4 is 10.9 Å². The van der Waals surface area contributed by atoms with E-state index in [1.807, 2.05) is 6.92 Å². The molecule has 0 aliphatic heterocycles. The zero-order chi connectivity index (χ0) is 19.6. The zero-order valence-corrected chi connectivity index (χ0v) is 15.7. The number of rotatable bonds is 6. The van der Waals surface area contributed by atoms with Crippen LogP contribution in [0.25, 0.3) is 22.5 Å². The molecule has 0 saturated heterocycles. The van der Waals surface area contributed by atoms with Crippen molar-refractivity contribution in [3.63, 3.8) is 0 Å². The molecular weight excluding hydrogens is 349 g/mol. The number of ether oxygens (including phenoxy) is 1. The van der Waals surface area contributed by atoms with Gasteiger partial charge in [0.1, 0.15) is 5.82 Å². The van der Waals surface area contributed by atoms with Gasteiger partial charge in [-0.1, -0.05) is 12.1 Å². The highest BCUT2D eigenvalue weighted by Gasteiger charge is 2.21. The molecule has 27 heavy (non-hydrogen) atoms. The molecule has 8 heteroatoms. The first-order valence-corrected chi connectivity index (χ1v) is 8.53. The summed E-state index contributed by atoms with van der Waals surface area (Å²) in [4.78, 5) is 21.6. The van der Waals surface area contributed by atoms with Crippen molar-refractivity contribution in [2.75, 3.05) is 19.0 Å². The molecule has 1 atom stereocenters. The lowest BCUT2D eigenvalue weighted by atomic mass is 10.0. The number of halogens is 1. The minimum atomic E-state index is -0.353. The van der Waals surface area contributed by atoms with E-state index in [1.54, 1.807) is 50.3 Å². The van der Waals surface area contributed by atoms with Crippen LogP contribution in [0.4, 0.5) is 10.3 Å². The maximum atomic E-state index is 13.3. The second-order valence-corrected chi connectivity index (χ2v) is 6.35. The second kappa shape index (κ2) is 7.71. The highest BCUT2D eigenvalue weighted by molar-refractivity contribution is 5.79. The van der Waals surface area contributed by atoms with E-state index in [-0.39, 0.29) is 17.4 Å². The lowest BCUT2D eigenvalue weighted by Gasteiger charge is -2.13. The Labute approximate surface area is 156 Å². The van der Waals surface area contributed by atoms with Gasteiger partial charge in [0.2, 0.25) is 5.95 Å². The number of nitrogens with zero attached hydrogens (tertiary/aromatic N) is 4. The van der Waals surface area contributed by atoms with E-state index in [1.165, 1.54) is 16.8 Å². The molecule has 0 saturated carbocycles. The molecule has 2 heterocycles. The van der Waals surface area contributed by atoms with Gasteiger partial charge < -0.3 is 10.1 Å². The van der Waals surface area contributed by atoms with Gasteiger partial charge in [0.25, 0.3) is 5.56 Å². The quantitative estimate of drug-likeness (QED) is 0.720. The molecule has 1 aromatic carbocycles. The van der Waals surface area contributed by atoms with Crippen LogP contribution in [0.5, 0.6) is 0 Å². The number of methoxy groups -OCH3 is 1. The van der Waals surface area contributed by atoms with Gasteiger partial charge in [-0.3, -0.25) is 14.2 Å². The maximum absolute atomic E-state index is 13.3. The number of hydrogen-bond acceptors (Lipinski definition) is 5. The van der Waals surface area contributed by atoms with Crippen LogP contribution >= 0.6 is 0 Å². The third-order valence-electron chi connectivity index (χ3n) is 4.34. The summed E-state index contributed by atoms with van der Waals surface area (Å²) in [5.74, 6) is 0.0899. The highest BCUT2D eigenvalue weighted by atomic mass is 19.1. The first kappa shape index (κ1) is 18.8. The third kappa shape index (κ3) is 3.75. The Morgan fingerprint density at radius 3 is 2.56 bits per heavy atom. The van der Waals surface area contributed by atoms with Crippen molar-refractivity contribution in [3.8, 4) is 22.5 Å². The molecule has 0 amide bonds. The molecule has 1 N–H and O–H groups in total.